The molecule has 62 valence electrons. The van der Waals surface area contributed by atoms with Crippen molar-refractivity contribution in [2.75, 3.05) is 0 Å². The van der Waals surface area contributed by atoms with Crippen LogP contribution in [-0.4, -0.2) is 0 Å². The highest BCUT2D eigenvalue weighted by Crippen LogP contribution is 2.46. The van der Waals surface area contributed by atoms with Crippen molar-refractivity contribution in [3.05, 3.63) is 47.3 Å². The number of hydrogen-bond donors (Lipinski definition) is 0. The van der Waals surface area contributed by atoms with Crippen molar-refractivity contribution in [3.8, 4) is 0 Å². The van der Waals surface area contributed by atoms with Crippen LogP contribution in [0.3, 0.4) is 0 Å². The van der Waals surface area contributed by atoms with Gasteiger partial charge in [-0.15, -0.1) is 0 Å². The van der Waals surface area contributed by atoms with Gasteiger partial charge in [-0.3, -0.25) is 0 Å². The quantitative estimate of drug-likeness (QED) is 0.556. The van der Waals surface area contributed by atoms with E-state index in [-0.39, 0.29) is 5.82 Å². The standard InChI is InChI=1S/C11H11F/c1-2-8-7-11(8)9-3-5-10(12)6-4-9/h2-6,11H,7H2,1H3/b8-2-. The Morgan fingerprint density at radius 1 is 1.33 bits per heavy atom. The third kappa shape index (κ3) is 1.27. The van der Waals surface area contributed by atoms with E-state index in [0.29, 0.717) is 5.92 Å². The van der Waals surface area contributed by atoms with Crippen molar-refractivity contribution in [2.24, 2.45) is 0 Å². The highest BCUT2D eigenvalue weighted by Gasteiger charge is 2.29. The molecule has 0 aromatic heterocycles. The predicted molar refractivity (Wildman–Crippen MR) is 47.5 cm³/mol. The second kappa shape index (κ2) is 2.74. The van der Waals surface area contributed by atoms with Gasteiger partial charge in [0.1, 0.15) is 5.82 Å². The average molecular weight is 162 g/mol. The van der Waals surface area contributed by atoms with Gasteiger partial charge >= 0.3 is 0 Å². The number of rotatable bonds is 1. The maximum Gasteiger partial charge on any atom is 0.123 e. The molecular formula is C11H11F. The highest BCUT2D eigenvalue weighted by atomic mass is 19.1. The molecule has 0 radical (unpaired) electrons. The first kappa shape index (κ1) is 7.53. The predicted octanol–water partition coefficient (Wildman–Crippen LogP) is 3.26. The van der Waals surface area contributed by atoms with Crippen LogP contribution in [0.1, 0.15) is 24.8 Å². The van der Waals surface area contributed by atoms with E-state index in [1.165, 1.54) is 23.3 Å². The lowest BCUT2D eigenvalue weighted by Gasteiger charge is -1.95. The maximum absolute atomic E-state index is 12.5. The van der Waals surface area contributed by atoms with Gasteiger partial charge < -0.3 is 0 Å². The molecular weight excluding hydrogens is 151 g/mol. The Hall–Kier alpha value is -1.11. The molecule has 0 bridgehead atoms. The Morgan fingerprint density at radius 2 is 2.00 bits per heavy atom. The summed E-state index contributed by atoms with van der Waals surface area (Å²) in [6.07, 6.45) is 3.30. The fourth-order valence-corrected chi connectivity index (χ4v) is 1.52. The smallest absolute Gasteiger partial charge is 0.123 e. The highest BCUT2D eigenvalue weighted by molar-refractivity contribution is 5.40. The fraction of sp³-hybridized carbons (Fsp3) is 0.273. The van der Waals surface area contributed by atoms with Gasteiger partial charge in [-0.05, 0) is 31.0 Å². The van der Waals surface area contributed by atoms with Crippen molar-refractivity contribution in [1.82, 2.24) is 0 Å². The number of benzene rings is 1. The topological polar surface area (TPSA) is 0 Å². The molecule has 1 saturated carbocycles. The van der Waals surface area contributed by atoms with Crippen LogP contribution in [0.4, 0.5) is 4.39 Å². The lowest BCUT2D eigenvalue weighted by Crippen LogP contribution is -1.79. The van der Waals surface area contributed by atoms with Crippen LogP contribution in [0.15, 0.2) is 35.9 Å². The van der Waals surface area contributed by atoms with Crippen LogP contribution in [-0.2, 0) is 0 Å². The van der Waals surface area contributed by atoms with Gasteiger partial charge in [0.2, 0.25) is 0 Å². The van der Waals surface area contributed by atoms with E-state index in [1.54, 1.807) is 0 Å². The molecule has 0 nitrogen and oxygen atoms in total. The van der Waals surface area contributed by atoms with E-state index in [1.807, 2.05) is 12.1 Å². The summed E-state index contributed by atoms with van der Waals surface area (Å²) < 4.78 is 12.5. The summed E-state index contributed by atoms with van der Waals surface area (Å²) in [4.78, 5) is 0. The molecule has 1 aliphatic carbocycles. The van der Waals surface area contributed by atoms with Gasteiger partial charge in [0.15, 0.2) is 0 Å². The Labute approximate surface area is 71.7 Å². The van der Waals surface area contributed by atoms with E-state index in [0.717, 1.165) is 6.42 Å². The molecule has 0 spiro atoms. The molecule has 0 saturated heterocycles. The lowest BCUT2D eigenvalue weighted by atomic mass is 10.1. The number of allylic oxidation sites excluding steroid dienone is 2. The Bertz CT molecular complexity index is 308. The van der Waals surface area contributed by atoms with Gasteiger partial charge in [-0.2, -0.15) is 0 Å². The van der Waals surface area contributed by atoms with Crippen LogP contribution in [0.2, 0.25) is 0 Å². The first-order chi connectivity index (χ1) is 5.81. The molecule has 12 heavy (non-hydrogen) atoms. The third-order valence-electron chi connectivity index (χ3n) is 2.37. The maximum atomic E-state index is 12.5. The normalized spacial score (nSPS) is 24.5. The zero-order valence-electron chi connectivity index (χ0n) is 7.05. The van der Waals surface area contributed by atoms with Gasteiger partial charge in [0.05, 0.1) is 0 Å². The minimum Gasteiger partial charge on any atom is -0.207 e. The molecule has 1 fully saturated rings. The summed E-state index contributed by atoms with van der Waals surface area (Å²) in [5, 5.41) is 0. The summed E-state index contributed by atoms with van der Waals surface area (Å²) in [7, 11) is 0. The summed E-state index contributed by atoms with van der Waals surface area (Å²) in [5.74, 6) is 0.428. The van der Waals surface area contributed by atoms with Gasteiger partial charge in [-0.25, -0.2) is 4.39 Å². The van der Waals surface area contributed by atoms with Gasteiger partial charge in [0.25, 0.3) is 0 Å². The zero-order valence-corrected chi connectivity index (χ0v) is 7.05. The molecule has 0 heterocycles. The second-order valence-corrected chi connectivity index (χ2v) is 3.17. The number of hydrogen-bond acceptors (Lipinski definition) is 0. The summed E-state index contributed by atoms with van der Waals surface area (Å²) in [5.41, 5.74) is 2.71. The molecule has 0 aliphatic heterocycles. The van der Waals surface area contributed by atoms with E-state index in [2.05, 4.69) is 13.0 Å². The van der Waals surface area contributed by atoms with Crippen LogP contribution >= 0.6 is 0 Å². The molecule has 1 aliphatic rings. The molecule has 1 heteroatoms. The third-order valence-corrected chi connectivity index (χ3v) is 2.37. The monoisotopic (exact) mass is 162 g/mol. The van der Waals surface area contributed by atoms with Crippen LogP contribution in [0.25, 0.3) is 0 Å². The van der Waals surface area contributed by atoms with Crippen molar-refractivity contribution in [3.63, 3.8) is 0 Å². The van der Waals surface area contributed by atoms with E-state index in [9.17, 15) is 4.39 Å². The van der Waals surface area contributed by atoms with E-state index >= 15 is 0 Å². The molecule has 0 amide bonds. The van der Waals surface area contributed by atoms with Crippen molar-refractivity contribution in [2.45, 2.75) is 19.3 Å². The Morgan fingerprint density at radius 3 is 2.50 bits per heavy atom. The molecule has 1 aromatic rings. The first-order valence-electron chi connectivity index (χ1n) is 4.22. The molecule has 1 aromatic carbocycles. The molecule has 1 atom stereocenters. The van der Waals surface area contributed by atoms with Crippen LogP contribution < -0.4 is 0 Å². The molecule has 0 N–H and O–H groups in total. The first-order valence-corrected chi connectivity index (χ1v) is 4.22. The fourth-order valence-electron chi connectivity index (χ4n) is 1.52. The van der Waals surface area contributed by atoms with Crippen LogP contribution in [0, 0.1) is 5.82 Å². The number of halogens is 1. The minimum atomic E-state index is -0.151. The van der Waals surface area contributed by atoms with E-state index < -0.39 is 0 Å². The summed E-state index contributed by atoms with van der Waals surface area (Å²) >= 11 is 0. The van der Waals surface area contributed by atoms with Gasteiger partial charge in [0, 0.05) is 5.92 Å². The van der Waals surface area contributed by atoms with Crippen molar-refractivity contribution < 1.29 is 4.39 Å². The molecule has 2 rings (SSSR count). The Kier molecular flexibility index (Phi) is 1.72. The summed E-state index contributed by atoms with van der Waals surface area (Å²) in [6.45, 7) is 2.05. The van der Waals surface area contributed by atoms with Crippen LogP contribution in [0.5, 0.6) is 0 Å². The largest absolute Gasteiger partial charge is 0.207 e. The van der Waals surface area contributed by atoms with E-state index in [4.69, 9.17) is 0 Å². The second-order valence-electron chi connectivity index (χ2n) is 3.17. The summed E-state index contributed by atoms with van der Waals surface area (Å²) in [6, 6.07) is 6.80. The lowest BCUT2D eigenvalue weighted by molar-refractivity contribution is 0.627. The van der Waals surface area contributed by atoms with Crippen molar-refractivity contribution in [1.29, 1.82) is 0 Å². The van der Waals surface area contributed by atoms with Crippen molar-refractivity contribution >= 4 is 0 Å². The average Bonchev–Trinajstić information content (AvgIpc) is 2.85. The minimum absolute atomic E-state index is 0.151. The Balaban J connectivity index is 2.21. The zero-order chi connectivity index (χ0) is 8.55. The molecule has 1 unspecified atom stereocenters. The SMILES string of the molecule is C/C=C1/CC1c1ccc(F)cc1. The van der Waals surface area contributed by atoms with Gasteiger partial charge in [-0.1, -0.05) is 23.8 Å².